The summed E-state index contributed by atoms with van der Waals surface area (Å²) in [5.41, 5.74) is 2.47. The molecule has 7 heteroatoms. The molecule has 0 aliphatic carbocycles. The highest BCUT2D eigenvalue weighted by Gasteiger charge is 2.24. The number of carbonyl (C=O) groups is 3. The van der Waals surface area contributed by atoms with Gasteiger partial charge in [-0.3, -0.25) is 9.59 Å². The number of phenols is 1. The van der Waals surface area contributed by atoms with E-state index >= 15 is 0 Å². The molecule has 148 valence electrons. The molecule has 7 nitrogen and oxygen atoms in total. The van der Waals surface area contributed by atoms with Crippen molar-refractivity contribution >= 4 is 23.5 Å². The molecule has 0 aromatic heterocycles. The number of aromatic hydroxyl groups is 1. The van der Waals surface area contributed by atoms with Crippen molar-refractivity contribution in [3.05, 3.63) is 59.2 Å². The van der Waals surface area contributed by atoms with E-state index in [-0.39, 0.29) is 23.8 Å². The van der Waals surface area contributed by atoms with Crippen LogP contribution in [0.15, 0.2) is 42.5 Å². The number of rotatable bonds is 6. The number of esters is 1. The Labute approximate surface area is 163 Å². The summed E-state index contributed by atoms with van der Waals surface area (Å²) in [4.78, 5) is 37.8. The highest BCUT2D eigenvalue weighted by molar-refractivity contribution is 5.97. The minimum absolute atomic E-state index is 0.0231. The molecule has 0 saturated heterocycles. The number of ether oxygens (including phenoxy) is 1. The first-order chi connectivity index (χ1) is 13.2. The largest absolute Gasteiger partial charge is 0.507 e. The Balaban J connectivity index is 1.91. The first kappa shape index (κ1) is 21.0. The van der Waals surface area contributed by atoms with Crippen molar-refractivity contribution < 1.29 is 24.2 Å². The molecule has 0 unspecified atom stereocenters. The van der Waals surface area contributed by atoms with E-state index in [9.17, 15) is 19.5 Å². The number of aryl methyl sites for hydroxylation is 2. The standard InChI is InChI=1S/C21H24N2O5/c1-13-5-8-16(9-6-13)22-19(25)12-23(4)20(26)15(3)28-21(27)17-10-7-14(2)11-18(17)24/h5-11,15,24H,12H2,1-4H3,(H,22,25)/t15-/m0/s1. The number of hydrogen-bond donors (Lipinski definition) is 2. The summed E-state index contributed by atoms with van der Waals surface area (Å²) in [6, 6.07) is 11.8. The number of nitrogens with one attached hydrogen (secondary N) is 1. The van der Waals surface area contributed by atoms with Crippen LogP contribution >= 0.6 is 0 Å². The molecule has 0 aliphatic rings. The maximum absolute atomic E-state index is 12.4. The topological polar surface area (TPSA) is 95.9 Å². The van der Waals surface area contributed by atoms with Gasteiger partial charge in [-0.05, 0) is 50.6 Å². The zero-order valence-electron chi connectivity index (χ0n) is 16.4. The fourth-order valence-corrected chi connectivity index (χ4v) is 2.53. The van der Waals surface area contributed by atoms with Gasteiger partial charge in [-0.25, -0.2) is 4.79 Å². The van der Waals surface area contributed by atoms with Crippen LogP contribution in [0.3, 0.4) is 0 Å². The van der Waals surface area contributed by atoms with Crippen LogP contribution in [0.4, 0.5) is 5.69 Å². The van der Waals surface area contributed by atoms with Crippen LogP contribution in [0.5, 0.6) is 5.75 Å². The van der Waals surface area contributed by atoms with E-state index < -0.39 is 18.0 Å². The number of nitrogens with zero attached hydrogens (tertiary/aromatic N) is 1. The first-order valence-corrected chi connectivity index (χ1v) is 8.79. The molecule has 2 amide bonds. The van der Waals surface area contributed by atoms with E-state index in [0.717, 1.165) is 11.1 Å². The van der Waals surface area contributed by atoms with E-state index in [0.29, 0.717) is 5.69 Å². The van der Waals surface area contributed by atoms with E-state index in [1.807, 2.05) is 19.1 Å². The van der Waals surface area contributed by atoms with Gasteiger partial charge in [0.2, 0.25) is 5.91 Å². The third kappa shape index (κ3) is 5.57. The molecule has 0 saturated carbocycles. The fourth-order valence-electron chi connectivity index (χ4n) is 2.53. The van der Waals surface area contributed by atoms with Gasteiger partial charge in [0.1, 0.15) is 11.3 Å². The van der Waals surface area contributed by atoms with Gasteiger partial charge < -0.3 is 20.1 Å². The maximum atomic E-state index is 12.4. The van der Waals surface area contributed by atoms with Crippen molar-refractivity contribution in [1.29, 1.82) is 0 Å². The van der Waals surface area contributed by atoms with Crippen LogP contribution in [0.1, 0.15) is 28.4 Å². The zero-order valence-corrected chi connectivity index (χ0v) is 16.4. The molecular formula is C21H24N2O5. The highest BCUT2D eigenvalue weighted by Crippen LogP contribution is 2.20. The minimum atomic E-state index is -1.11. The van der Waals surface area contributed by atoms with E-state index in [2.05, 4.69) is 5.32 Å². The molecule has 2 aromatic carbocycles. The summed E-state index contributed by atoms with van der Waals surface area (Å²) in [5.74, 6) is -1.92. The number of likely N-dealkylation sites (N-methyl/N-ethyl adjacent to an activating group) is 1. The number of hydrogen-bond acceptors (Lipinski definition) is 5. The molecule has 0 aliphatic heterocycles. The third-order valence-electron chi connectivity index (χ3n) is 4.10. The Morgan fingerprint density at radius 1 is 1.07 bits per heavy atom. The predicted molar refractivity (Wildman–Crippen MR) is 105 cm³/mol. The Morgan fingerprint density at radius 3 is 2.29 bits per heavy atom. The normalized spacial score (nSPS) is 11.4. The summed E-state index contributed by atoms with van der Waals surface area (Å²) in [5, 5.41) is 12.5. The molecule has 28 heavy (non-hydrogen) atoms. The van der Waals surface area contributed by atoms with Crippen molar-refractivity contribution in [2.24, 2.45) is 0 Å². The van der Waals surface area contributed by atoms with Crippen LogP contribution in [0.2, 0.25) is 0 Å². The lowest BCUT2D eigenvalue weighted by Gasteiger charge is -2.21. The summed E-state index contributed by atoms with van der Waals surface area (Å²) < 4.78 is 5.13. The minimum Gasteiger partial charge on any atom is -0.507 e. The van der Waals surface area contributed by atoms with Gasteiger partial charge in [-0.2, -0.15) is 0 Å². The van der Waals surface area contributed by atoms with Crippen LogP contribution in [0, 0.1) is 13.8 Å². The smallest absolute Gasteiger partial charge is 0.342 e. The van der Waals surface area contributed by atoms with Crippen LogP contribution in [-0.4, -0.2) is 47.5 Å². The van der Waals surface area contributed by atoms with Gasteiger partial charge in [0.25, 0.3) is 5.91 Å². The molecule has 0 spiro atoms. The number of benzene rings is 2. The zero-order chi connectivity index (χ0) is 20.8. The number of amides is 2. The number of phenolic OH excluding ortho intramolecular Hbond substituents is 1. The van der Waals surface area contributed by atoms with E-state index in [1.165, 1.54) is 31.0 Å². The summed E-state index contributed by atoms with van der Waals surface area (Å²) in [6.45, 7) is 4.94. The average molecular weight is 384 g/mol. The lowest BCUT2D eigenvalue weighted by atomic mass is 10.1. The van der Waals surface area contributed by atoms with Crippen molar-refractivity contribution in [1.82, 2.24) is 4.90 Å². The molecule has 0 bridgehead atoms. The van der Waals surface area contributed by atoms with Crippen molar-refractivity contribution in [2.75, 3.05) is 18.9 Å². The second-order valence-electron chi connectivity index (χ2n) is 6.68. The maximum Gasteiger partial charge on any atom is 0.342 e. The summed E-state index contributed by atoms with van der Waals surface area (Å²) in [7, 11) is 1.45. The van der Waals surface area contributed by atoms with Crippen molar-refractivity contribution in [3.8, 4) is 5.75 Å². The Bertz CT molecular complexity index is 877. The molecule has 1 atom stereocenters. The number of anilines is 1. The van der Waals surface area contributed by atoms with Gasteiger partial charge in [-0.15, -0.1) is 0 Å². The van der Waals surface area contributed by atoms with Crippen LogP contribution in [-0.2, 0) is 14.3 Å². The Morgan fingerprint density at radius 2 is 1.68 bits per heavy atom. The van der Waals surface area contributed by atoms with E-state index in [4.69, 9.17) is 4.74 Å². The molecule has 2 rings (SSSR count). The predicted octanol–water partition coefficient (Wildman–Crippen LogP) is 2.65. The van der Waals surface area contributed by atoms with Gasteiger partial charge in [0.15, 0.2) is 6.10 Å². The van der Waals surface area contributed by atoms with E-state index in [1.54, 1.807) is 25.1 Å². The average Bonchev–Trinajstić information content (AvgIpc) is 2.62. The number of carbonyl (C=O) groups excluding carboxylic acids is 3. The lowest BCUT2D eigenvalue weighted by molar-refractivity contribution is -0.140. The van der Waals surface area contributed by atoms with Gasteiger partial charge in [0.05, 0.1) is 6.54 Å². The second-order valence-corrected chi connectivity index (χ2v) is 6.68. The van der Waals surface area contributed by atoms with Crippen LogP contribution < -0.4 is 5.32 Å². The first-order valence-electron chi connectivity index (χ1n) is 8.79. The molecular weight excluding hydrogens is 360 g/mol. The van der Waals surface area contributed by atoms with Crippen molar-refractivity contribution in [2.45, 2.75) is 26.9 Å². The summed E-state index contributed by atoms with van der Waals surface area (Å²) >= 11 is 0. The highest BCUT2D eigenvalue weighted by atomic mass is 16.5. The summed E-state index contributed by atoms with van der Waals surface area (Å²) in [6.07, 6.45) is -1.11. The van der Waals surface area contributed by atoms with Crippen LogP contribution in [0.25, 0.3) is 0 Å². The van der Waals surface area contributed by atoms with Crippen molar-refractivity contribution in [3.63, 3.8) is 0 Å². The molecule has 0 fully saturated rings. The quantitative estimate of drug-likeness (QED) is 0.747. The Kier molecular flexibility index (Phi) is 6.76. The fraction of sp³-hybridized carbons (Fsp3) is 0.286. The third-order valence-corrected chi connectivity index (χ3v) is 4.10. The molecule has 0 radical (unpaired) electrons. The molecule has 2 N–H and O–H groups in total. The molecule has 0 heterocycles. The lowest BCUT2D eigenvalue weighted by Crippen LogP contribution is -2.41. The van der Waals surface area contributed by atoms with Gasteiger partial charge in [0, 0.05) is 12.7 Å². The SMILES string of the molecule is Cc1ccc(NC(=O)CN(C)C(=O)[C@H](C)OC(=O)c2ccc(C)cc2O)cc1. The van der Waals surface area contributed by atoms with Gasteiger partial charge in [-0.1, -0.05) is 23.8 Å². The second kappa shape index (κ2) is 9.03. The Hall–Kier alpha value is -3.35. The molecule has 2 aromatic rings. The monoisotopic (exact) mass is 384 g/mol. The van der Waals surface area contributed by atoms with Gasteiger partial charge >= 0.3 is 5.97 Å².